The fourth-order valence-corrected chi connectivity index (χ4v) is 2.08. The average molecular weight is 294 g/mol. The van der Waals surface area contributed by atoms with Gasteiger partial charge in [0.25, 0.3) is 0 Å². The molecule has 21 heavy (non-hydrogen) atoms. The first-order chi connectivity index (χ1) is 9.83. The molecule has 1 unspecified atom stereocenters. The maximum absolute atomic E-state index is 11.9. The Hall–Kier alpha value is -2.24. The lowest BCUT2D eigenvalue weighted by atomic mass is 10.1. The van der Waals surface area contributed by atoms with Gasteiger partial charge in [0.15, 0.2) is 0 Å². The van der Waals surface area contributed by atoms with Crippen molar-refractivity contribution < 1.29 is 19.4 Å². The first-order valence-corrected chi connectivity index (χ1v) is 6.82. The number of carboxylic acid groups (broad SMARTS) is 1. The van der Waals surface area contributed by atoms with Crippen LogP contribution in [0.1, 0.15) is 37.6 Å². The first-order valence-electron chi connectivity index (χ1n) is 6.82. The molecule has 1 atom stereocenters. The van der Waals surface area contributed by atoms with Gasteiger partial charge in [-0.3, -0.25) is 0 Å². The van der Waals surface area contributed by atoms with Crippen molar-refractivity contribution in [1.29, 1.82) is 0 Å². The van der Waals surface area contributed by atoms with Gasteiger partial charge in [0.2, 0.25) is 0 Å². The highest BCUT2D eigenvalue weighted by Crippen LogP contribution is 2.22. The summed E-state index contributed by atoms with van der Waals surface area (Å²) in [5, 5.41) is 14.5. The Labute approximate surface area is 124 Å². The van der Waals surface area contributed by atoms with Crippen LogP contribution < -0.4 is 15.4 Å². The normalized spacial score (nSPS) is 11.9. The van der Waals surface area contributed by atoms with E-state index in [4.69, 9.17) is 4.74 Å². The second-order valence-corrected chi connectivity index (χ2v) is 5.35. The van der Waals surface area contributed by atoms with Crippen molar-refractivity contribution in [3.63, 3.8) is 0 Å². The summed E-state index contributed by atoms with van der Waals surface area (Å²) < 4.78 is 4.98. The molecule has 0 aliphatic heterocycles. The molecule has 1 rings (SSSR count). The number of carboxylic acids is 1. The molecule has 0 saturated heterocycles. The van der Waals surface area contributed by atoms with Gasteiger partial charge in [-0.1, -0.05) is 13.8 Å². The van der Waals surface area contributed by atoms with Crippen LogP contribution in [-0.4, -0.2) is 30.3 Å². The number of carbonyl (C=O) groups is 2. The number of methoxy groups -OCH3 is 1. The zero-order chi connectivity index (χ0) is 16.0. The van der Waals surface area contributed by atoms with E-state index < -0.39 is 12.0 Å². The van der Waals surface area contributed by atoms with Crippen LogP contribution in [0.3, 0.4) is 0 Å². The number of anilines is 1. The summed E-state index contributed by atoms with van der Waals surface area (Å²) in [6.07, 6.45) is 0.849. The second-order valence-electron chi connectivity index (χ2n) is 5.35. The molecule has 0 spiro atoms. The molecule has 1 aromatic rings. The number of benzene rings is 1. The molecule has 0 radical (unpaired) electrons. The summed E-state index contributed by atoms with van der Waals surface area (Å²) >= 11 is 0. The number of ether oxygens (including phenoxy) is 1. The number of carbonyl (C=O) groups excluding carboxylic acids is 1. The van der Waals surface area contributed by atoms with Gasteiger partial charge in [-0.2, -0.15) is 0 Å². The van der Waals surface area contributed by atoms with Crippen molar-refractivity contribution in [2.75, 3.05) is 12.4 Å². The molecule has 0 heterocycles. The highest BCUT2D eigenvalue weighted by Gasteiger charge is 2.15. The Bertz CT molecular complexity index is 514. The molecule has 0 aliphatic carbocycles. The van der Waals surface area contributed by atoms with Crippen LogP contribution in [0.5, 0.6) is 5.75 Å². The molecule has 0 aliphatic rings. The van der Waals surface area contributed by atoms with Crippen LogP contribution >= 0.6 is 0 Å². The first kappa shape index (κ1) is 16.8. The van der Waals surface area contributed by atoms with E-state index in [-0.39, 0.29) is 17.3 Å². The topological polar surface area (TPSA) is 87.7 Å². The minimum Gasteiger partial charge on any atom is -0.497 e. The highest BCUT2D eigenvalue weighted by atomic mass is 16.5. The number of hydrogen-bond donors (Lipinski definition) is 3. The summed E-state index contributed by atoms with van der Waals surface area (Å²) in [6.45, 7) is 6.05. The number of urea groups is 1. The van der Waals surface area contributed by atoms with Crippen molar-refractivity contribution >= 4 is 17.7 Å². The number of amides is 2. The lowest BCUT2D eigenvalue weighted by Crippen LogP contribution is -2.37. The maximum atomic E-state index is 11.9. The largest absolute Gasteiger partial charge is 0.497 e. The van der Waals surface area contributed by atoms with Crippen molar-refractivity contribution in [1.82, 2.24) is 5.32 Å². The third-order valence-corrected chi connectivity index (χ3v) is 2.91. The van der Waals surface area contributed by atoms with Gasteiger partial charge in [-0.05, 0) is 37.5 Å². The zero-order valence-corrected chi connectivity index (χ0v) is 12.8. The maximum Gasteiger partial charge on any atom is 0.337 e. The van der Waals surface area contributed by atoms with Gasteiger partial charge < -0.3 is 20.5 Å². The SMILES string of the molecule is COc1ccc(NC(=O)NC(C)CC(C)C)c(C(=O)O)c1. The minimum absolute atomic E-state index is 0.0107. The van der Waals surface area contributed by atoms with Gasteiger partial charge in [0, 0.05) is 6.04 Å². The molecule has 3 N–H and O–H groups in total. The van der Waals surface area contributed by atoms with Crippen LogP contribution in [0.25, 0.3) is 0 Å². The molecule has 6 heteroatoms. The monoisotopic (exact) mass is 294 g/mol. The van der Waals surface area contributed by atoms with Crippen LogP contribution in [0.15, 0.2) is 18.2 Å². The standard InChI is InChI=1S/C15H22N2O4/c1-9(2)7-10(3)16-15(20)17-13-6-5-11(21-4)8-12(13)14(18)19/h5-6,8-10H,7H2,1-4H3,(H,18,19)(H2,16,17,20). The van der Waals surface area contributed by atoms with Gasteiger partial charge in [-0.25, -0.2) is 9.59 Å². The summed E-state index contributed by atoms with van der Waals surface area (Å²) in [5.74, 6) is -0.234. The average Bonchev–Trinajstić information content (AvgIpc) is 2.37. The van der Waals surface area contributed by atoms with Gasteiger partial charge in [0.05, 0.1) is 18.4 Å². The smallest absolute Gasteiger partial charge is 0.337 e. The molecule has 2 amide bonds. The van der Waals surface area contributed by atoms with E-state index in [1.165, 1.54) is 19.2 Å². The fraction of sp³-hybridized carbons (Fsp3) is 0.467. The van der Waals surface area contributed by atoms with Gasteiger partial charge in [0.1, 0.15) is 5.75 Å². The Morgan fingerprint density at radius 1 is 1.29 bits per heavy atom. The summed E-state index contributed by atoms with van der Waals surface area (Å²) in [5.41, 5.74) is 0.221. The van der Waals surface area contributed by atoms with E-state index in [1.807, 2.05) is 6.92 Å². The van der Waals surface area contributed by atoms with Crippen molar-refractivity contribution in [3.8, 4) is 5.75 Å². The van der Waals surface area contributed by atoms with Crippen molar-refractivity contribution in [3.05, 3.63) is 23.8 Å². The molecule has 116 valence electrons. The predicted octanol–water partition coefficient (Wildman–Crippen LogP) is 2.95. The summed E-state index contributed by atoms with van der Waals surface area (Å²) in [6, 6.07) is 4.07. The second kappa shape index (κ2) is 7.52. The van der Waals surface area contributed by atoms with E-state index in [9.17, 15) is 14.7 Å². The van der Waals surface area contributed by atoms with E-state index in [0.29, 0.717) is 11.7 Å². The number of nitrogens with one attached hydrogen (secondary N) is 2. The summed E-state index contributed by atoms with van der Waals surface area (Å²) in [7, 11) is 1.45. The third-order valence-electron chi connectivity index (χ3n) is 2.91. The van der Waals surface area contributed by atoms with Crippen molar-refractivity contribution in [2.24, 2.45) is 5.92 Å². The van der Waals surface area contributed by atoms with Crippen LogP contribution in [0.2, 0.25) is 0 Å². The fourth-order valence-electron chi connectivity index (χ4n) is 2.08. The van der Waals surface area contributed by atoms with Crippen LogP contribution in [0.4, 0.5) is 10.5 Å². The van der Waals surface area contributed by atoms with Crippen LogP contribution in [0, 0.1) is 5.92 Å². The number of aromatic carboxylic acids is 1. The van der Waals surface area contributed by atoms with E-state index in [1.54, 1.807) is 6.07 Å². The molecule has 0 fully saturated rings. The Morgan fingerprint density at radius 2 is 1.95 bits per heavy atom. The van der Waals surface area contributed by atoms with Crippen LogP contribution in [-0.2, 0) is 0 Å². The number of rotatable bonds is 6. The zero-order valence-electron chi connectivity index (χ0n) is 12.8. The molecular weight excluding hydrogens is 272 g/mol. The molecule has 0 aromatic heterocycles. The molecule has 6 nitrogen and oxygen atoms in total. The Balaban J connectivity index is 2.78. The van der Waals surface area contributed by atoms with Crippen molar-refractivity contribution in [2.45, 2.75) is 33.2 Å². The van der Waals surface area contributed by atoms with E-state index >= 15 is 0 Å². The predicted molar refractivity (Wildman–Crippen MR) is 81.0 cm³/mol. The lowest BCUT2D eigenvalue weighted by Gasteiger charge is -2.17. The quantitative estimate of drug-likeness (QED) is 0.752. The molecule has 0 bridgehead atoms. The van der Waals surface area contributed by atoms with Gasteiger partial charge >= 0.3 is 12.0 Å². The van der Waals surface area contributed by atoms with E-state index in [2.05, 4.69) is 24.5 Å². The molecular formula is C15H22N2O4. The lowest BCUT2D eigenvalue weighted by molar-refractivity contribution is 0.0697. The van der Waals surface area contributed by atoms with E-state index in [0.717, 1.165) is 6.42 Å². The molecule has 0 saturated carbocycles. The highest BCUT2D eigenvalue weighted by molar-refractivity contribution is 6.00. The van der Waals surface area contributed by atoms with Gasteiger partial charge in [-0.15, -0.1) is 0 Å². The number of hydrogen-bond acceptors (Lipinski definition) is 3. The molecule has 1 aromatic carbocycles. The Kier molecular flexibility index (Phi) is 6.02. The third kappa shape index (κ3) is 5.33. The minimum atomic E-state index is -1.13. The Morgan fingerprint density at radius 3 is 2.48 bits per heavy atom. The summed E-state index contributed by atoms with van der Waals surface area (Å²) in [4.78, 5) is 23.1.